The van der Waals surface area contributed by atoms with Gasteiger partial charge in [-0.3, -0.25) is 4.79 Å². The standard InChI is InChI=1S/C16H24N2O2/c17-13-6-5-7-14(12-13)18-16(19)10-11-20-15-8-3-1-2-4-9-15/h5-7,12,15H,1-4,8-11,17H2,(H,18,19). The molecular formula is C16H24N2O2. The number of nitrogens with one attached hydrogen (secondary N) is 1. The average molecular weight is 276 g/mol. The Bertz CT molecular complexity index is 426. The maximum Gasteiger partial charge on any atom is 0.226 e. The van der Waals surface area contributed by atoms with Crippen molar-refractivity contribution in [2.24, 2.45) is 0 Å². The minimum absolute atomic E-state index is 0.0239. The quantitative estimate of drug-likeness (QED) is 0.640. The number of nitrogens with two attached hydrogens (primary N) is 1. The Morgan fingerprint density at radius 3 is 2.70 bits per heavy atom. The topological polar surface area (TPSA) is 64.3 Å². The second kappa shape index (κ2) is 7.90. The van der Waals surface area contributed by atoms with E-state index in [1.54, 1.807) is 12.1 Å². The fourth-order valence-electron chi connectivity index (χ4n) is 2.57. The van der Waals surface area contributed by atoms with E-state index in [1.165, 1.54) is 25.7 Å². The van der Waals surface area contributed by atoms with Crippen molar-refractivity contribution in [3.63, 3.8) is 0 Å². The maximum atomic E-state index is 11.8. The van der Waals surface area contributed by atoms with E-state index < -0.39 is 0 Å². The molecule has 0 spiro atoms. The molecule has 0 heterocycles. The van der Waals surface area contributed by atoms with Crippen molar-refractivity contribution in [3.05, 3.63) is 24.3 Å². The zero-order valence-corrected chi connectivity index (χ0v) is 11.9. The van der Waals surface area contributed by atoms with E-state index in [0.29, 0.717) is 24.8 Å². The van der Waals surface area contributed by atoms with Crippen molar-refractivity contribution in [1.29, 1.82) is 0 Å². The third-order valence-corrected chi connectivity index (χ3v) is 3.66. The third kappa shape index (κ3) is 5.21. The number of carbonyl (C=O) groups excluding carboxylic acids is 1. The average Bonchev–Trinajstić information content (AvgIpc) is 2.67. The van der Waals surface area contributed by atoms with Gasteiger partial charge in [-0.15, -0.1) is 0 Å². The third-order valence-electron chi connectivity index (χ3n) is 3.66. The highest BCUT2D eigenvalue weighted by Gasteiger charge is 2.13. The summed E-state index contributed by atoms with van der Waals surface area (Å²) >= 11 is 0. The monoisotopic (exact) mass is 276 g/mol. The number of anilines is 2. The van der Waals surface area contributed by atoms with Crippen LogP contribution in [0, 0.1) is 0 Å². The van der Waals surface area contributed by atoms with Crippen molar-refractivity contribution in [1.82, 2.24) is 0 Å². The van der Waals surface area contributed by atoms with E-state index in [-0.39, 0.29) is 5.91 Å². The van der Waals surface area contributed by atoms with Gasteiger partial charge in [-0.1, -0.05) is 31.7 Å². The van der Waals surface area contributed by atoms with Gasteiger partial charge in [0.2, 0.25) is 5.91 Å². The summed E-state index contributed by atoms with van der Waals surface area (Å²) < 4.78 is 5.81. The molecular weight excluding hydrogens is 252 g/mol. The first-order valence-corrected chi connectivity index (χ1v) is 7.51. The lowest BCUT2D eigenvalue weighted by atomic mass is 10.1. The highest BCUT2D eigenvalue weighted by Crippen LogP contribution is 2.20. The fraction of sp³-hybridized carbons (Fsp3) is 0.562. The SMILES string of the molecule is Nc1cccc(NC(=O)CCOC2CCCCCC2)c1. The summed E-state index contributed by atoms with van der Waals surface area (Å²) in [6.07, 6.45) is 8.14. The van der Waals surface area contributed by atoms with Crippen molar-refractivity contribution < 1.29 is 9.53 Å². The Morgan fingerprint density at radius 1 is 1.25 bits per heavy atom. The summed E-state index contributed by atoms with van der Waals surface area (Å²) in [5.41, 5.74) is 7.06. The van der Waals surface area contributed by atoms with E-state index in [2.05, 4.69) is 5.32 Å². The molecule has 1 aliphatic rings. The molecule has 110 valence electrons. The molecule has 1 aliphatic carbocycles. The van der Waals surface area contributed by atoms with E-state index in [0.717, 1.165) is 18.5 Å². The number of ether oxygens (including phenoxy) is 1. The number of benzene rings is 1. The van der Waals surface area contributed by atoms with E-state index in [4.69, 9.17) is 10.5 Å². The van der Waals surface area contributed by atoms with E-state index in [1.807, 2.05) is 12.1 Å². The van der Waals surface area contributed by atoms with Gasteiger partial charge < -0.3 is 15.8 Å². The first kappa shape index (κ1) is 14.9. The Morgan fingerprint density at radius 2 is 2.00 bits per heavy atom. The van der Waals surface area contributed by atoms with Gasteiger partial charge in [0.25, 0.3) is 0 Å². The molecule has 1 aromatic carbocycles. The lowest BCUT2D eigenvalue weighted by molar-refractivity contribution is -0.117. The molecule has 3 N–H and O–H groups in total. The summed E-state index contributed by atoms with van der Waals surface area (Å²) in [6.45, 7) is 0.499. The van der Waals surface area contributed by atoms with Gasteiger partial charge in [0.15, 0.2) is 0 Å². The van der Waals surface area contributed by atoms with Gasteiger partial charge in [-0.2, -0.15) is 0 Å². The minimum atomic E-state index is -0.0239. The van der Waals surface area contributed by atoms with Gasteiger partial charge in [-0.05, 0) is 31.0 Å². The molecule has 0 radical (unpaired) electrons. The molecule has 0 saturated heterocycles. The van der Waals surface area contributed by atoms with Crippen LogP contribution in [-0.4, -0.2) is 18.6 Å². The molecule has 0 unspecified atom stereocenters. The van der Waals surface area contributed by atoms with Gasteiger partial charge in [0, 0.05) is 11.4 Å². The zero-order valence-electron chi connectivity index (χ0n) is 11.9. The summed E-state index contributed by atoms with van der Waals surface area (Å²) in [7, 11) is 0. The molecule has 0 aliphatic heterocycles. The summed E-state index contributed by atoms with van der Waals surface area (Å²) in [6, 6.07) is 7.21. The molecule has 4 nitrogen and oxygen atoms in total. The molecule has 0 bridgehead atoms. The molecule has 20 heavy (non-hydrogen) atoms. The lowest BCUT2D eigenvalue weighted by Gasteiger charge is -2.15. The predicted molar refractivity (Wildman–Crippen MR) is 81.5 cm³/mol. The molecule has 1 amide bonds. The first-order valence-electron chi connectivity index (χ1n) is 7.51. The summed E-state index contributed by atoms with van der Waals surface area (Å²) in [4.78, 5) is 11.8. The second-order valence-electron chi connectivity index (χ2n) is 5.41. The number of carbonyl (C=O) groups is 1. The van der Waals surface area contributed by atoms with Gasteiger partial charge in [-0.25, -0.2) is 0 Å². The predicted octanol–water partition coefficient (Wildman–Crippen LogP) is 3.34. The van der Waals surface area contributed by atoms with Crippen LogP contribution in [0.25, 0.3) is 0 Å². The van der Waals surface area contributed by atoms with Crippen LogP contribution in [-0.2, 0) is 9.53 Å². The molecule has 0 atom stereocenters. The minimum Gasteiger partial charge on any atom is -0.399 e. The first-order chi connectivity index (χ1) is 9.74. The van der Waals surface area contributed by atoms with Crippen molar-refractivity contribution in [3.8, 4) is 0 Å². The van der Waals surface area contributed by atoms with Crippen LogP contribution in [0.15, 0.2) is 24.3 Å². The number of nitrogen functional groups attached to an aromatic ring is 1. The van der Waals surface area contributed by atoms with Gasteiger partial charge >= 0.3 is 0 Å². The van der Waals surface area contributed by atoms with Crippen LogP contribution in [0.5, 0.6) is 0 Å². The molecule has 1 saturated carbocycles. The summed E-state index contributed by atoms with van der Waals surface area (Å²) in [5, 5.41) is 2.83. The van der Waals surface area contributed by atoms with Crippen molar-refractivity contribution in [2.75, 3.05) is 17.7 Å². The Balaban J connectivity index is 1.67. The smallest absolute Gasteiger partial charge is 0.226 e. The number of amides is 1. The van der Waals surface area contributed by atoms with Gasteiger partial charge in [0.05, 0.1) is 19.1 Å². The highest BCUT2D eigenvalue weighted by atomic mass is 16.5. The van der Waals surface area contributed by atoms with Crippen LogP contribution >= 0.6 is 0 Å². The van der Waals surface area contributed by atoms with Crippen LogP contribution in [0.4, 0.5) is 11.4 Å². The molecule has 1 aromatic rings. The number of rotatable bonds is 5. The molecule has 4 heteroatoms. The maximum absolute atomic E-state index is 11.8. The van der Waals surface area contributed by atoms with Gasteiger partial charge in [0.1, 0.15) is 0 Å². The Labute approximate surface area is 120 Å². The Hall–Kier alpha value is -1.55. The van der Waals surface area contributed by atoms with E-state index in [9.17, 15) is 4.79 Å². The lowest BCUT2D eigenvalue weighted by Crippen LogP contribution is -2.18. The van der Waals surface area contributed by atoms with Crippen LogP contribution < -0.4 is 11.1 Å². The largest absolute Gasteiger partial charge is 0.399 e. The highest BCUT2D eigenvalue weighted by molar-refractivity contribution is 5.91. The van der Waals surface area contributed by atoms with Crippen molar-refractivity contribution in [2.45, 2.75) is 51.0 Å². The number of hydrogen-bond acceptors (Lipinski definition) is 3. The normalized spacial score (nSPS) is 16.6. The fourth-order valence-corrected chi connectivity index (χ4v) is 2.57. The zero-order chi connectivity index (χ0) is 14.2. The van der Waals surface area contributed by atoms with Crippen molar-refractivity contribution >= 4 is 17.3 Å². The van der Waals surface area contributed by atoms with Crippen LogP contribution in [0.3, 0.4) is 0 Å². The summed E-state index contributed by atoms with van der Waals surface area (Å²) in [5.74, 6) is -0.0239. The Kier molecular flexibility index (Phi) is 5.87. The number of hydrogen-bond donors (Lipinski definition) is 2. The van der Waals surface area contributed by atoms with E-state index >= 15 is 0 Å². The second-order valence-corrected chi connectivity index (χ2v) is 5.41. The molecule has 0 aromatic heterocycles. The molecule has 2 rings (SSSR count). The van der Waals surface area contributed by atoms with Crippen LogP contribution in [0.1, 0.15) is 44.9 Å². The van der Waals surface area contributed by atoms with Crippen LogP contribution in [0.2, 0.25) is 0 Å². The molecule has 1 fully saturated rings.